The van der Waals surface area contributed by atoms with E-state index < -0.39 is 10.8 Å². The number of hydrogen-bond donors (Lipinski definition) is 1. The van der Waals surface area contributed by atoms with Crippen molar-refractivity contribution >= 4 is 21.8 Å². The van der Waals surface area contributed by atoms with Gasteiger partial charge in [-0.05, 0) is 36.2 Å². The van der Waals surface area contributed by atoms with Gasteiger partial charge in [-0.15, -0.1) is 0 Å². The molecule has 6 heteroatoms. The van der Waals surface area contributed by atoms with E-state index in [1.54, 1.807) is 7.11 Å². The molecule has 2 aromatic carbocycles. The normalized spacial score (nSPS) is 12.4. The minimum absolute atomic E-state index is 0.404. The van der Waals surface area contributed by atoms with Crippen molar-refractivity contribution in [2.75, 3.05) is 20.3 Å². The number of benzene rings is 2. The summed E-state index contributed by atoms with van der Waals surface area (Å²) in [5.74, 6) is 1.23. The van der Waals surface area contributed by atoms with E-state index in [1.807, 2.05) is 49.4 Å². The Kier molecular flexibility index (Phi) is 5.83. The van der Waals surface area contributed by atoms with E-state index >= 15 is 0 Å². The molecule has 3 rings (SSSR count). The van der Waals surface area contributed by atoms with Crippen LogP contribution in [0, 0.1) is 6.92 Å². The fraction of sp³-hybridized carbons (Fsp3) is 0.316. The molecule has 0 bridgehead atoms. The van der Waals surface area contributed by atoms with Crippen LogP contribution in [-0.2, 0) is 21.3 Å². The van der Waals surface area contributed by atoms with Gasteiger partial charge in [-0.2, -0.15) is 0 Å². The second kappa shape index (κ2) is 8.27. The van der Waals surface area contributed by atoms with Crippen LogP contribution in [0.1, 0.15) is 17.5 Å². The standard InChI is InChI=1S/C19H22N2O3S/c1-14-15(7-5-10-18(14)24-12-6-11-23-2)13-25(22)19-20-16-8-3-4-9-17(16)21-19/h3-5,7-10H,6,11-13H2,1-2H3,(H,20,21). The van der Waals surface area contributed by atoms with E-state index in [0.29, 0.717) is 24.1 Å². The van der Waals surface area contributed by atoms with Crippen molar-refractivity contribution in [2.24, 2.45) is 0 Å². The lowest BCUT2D eigenvalue weighted by atomic mass is 10.1. The van der Waals surface area contributed by atoms with Gasteiger partial charge >= 0.3 is 0 Å². The SMILES string of the molecule is COCCCOc1cccc(CS(=O)c2nc3ccccc3[nH]2)c1C. The number of hydrogen-bond acceptors (Lipinski definition) is 4. The number of ether oxygens (including phenoxy) is 2. The summed E-state index contributed by atoms with van der Waals surface area (Å²) in [6.07, 6.45) is 0.838. The molecule has 1 N–H and O–H groups in total. The molecule has 25 heavy (non-hydrogen) atoms. The Hall–Kier alpha value is -2.18. The molecule has 0 saturated heterocycles. The van der Waals surface area contributed by atoms with Crippen LogP contribution in [0.4, 0.5) is 0 Å². The Morgan fingerprint density at radius 2 is 1.96 bits per heavy atom. The van der Waals surface area contributed by atoms with E-state index in [-0.39, 0.29) is 0 Å². The third-order valence-corrected chi connectivity index (χ3v) is 5.21. The highest BCUT2D eigenvalue weighted by Gasteiger charge is 2.13. The molecule has 1 aromatic heterocycles. The predicted molar refractivity (Wildman–Crippen MR) is 99.4 cm³/mol. The second-order valence-corrected chi connectivity index (χ2v) is 7.15. The number of rotatable bonds is 8. The number of nitrogens with zero attached hydrogens (tertiary/aromatic N) is 1. The van der Waals surface area contributed by atoms with Crippen molar-refractivity contribution < 1.29 is 13.7 Å². The van der Waals surface area contributed by atoms with Gasteiger partial charge in [0.25, 0.3) is 0 Å². The zero-order chi connectivity index (χ0) is 17.6. The number of aromatic nitrogens is 2. The summed E-state index contributed by atoms with van der Waals surface area (Å²) in [6, 6.07) is 13.6. The average molecular weight is 358 g/mol. The predicted octanol–water partition coefficient (Wildman–Crippen LogP) is 3.59. The van der Waals surface area contributed by atoms with Crippen LogP contribution >= 0.6 is 0 Å². The van der Waals surface area contributed by atoms with Crippen molar-refractivity contribution in [2.45, 2.75) is 24.3 Å². The van der Waals surface area contributed by atoms with Crippen LogP contribution in [-0.4, -0.2) is 34.5 Å². The summed E-state index contributed by atoms with van der Waals surface area (Å²) in [5, 5.41) is 0.506. The first kappa shape index (κ1) is 17.6. The van der Waals surface area contributed by atoms with Crippen LogP contribution in [0.25, 0.3) is 11.0 Å². The largest absolute Gasteiger partial charge is 0.493 e. The zero-order valence-corrected chi connectivity index (χ0v) is 15.3. The Labute approximate surface area is 149 Å². The minimum atomic E-state index is -1.24. The third kappa shape index (κ3) is 4.27. The first-order chi connectivity index (χ1) is 12.2. The molecule has 1 atom stereocenters. The van der Waals surface area contributed by atoms with Crippen LogP contribution in [0.5, 0.6) is 5.75 Å². The second-order valence-electron chi connectivity index (χ2n) is 5.78. The van der Waals surface area contributed by atoms with Gasteiger partial charge in [0.05, 0.1) is 34.2 Å². The Morgan fingerprint density at radius 1 is 1.12 bits per heavy atom. The fourth-order valence-electron chi connectivity index (χ4n) is 2.60. The van der Waals surface area contributed by atoms with Crippen LogP contribution in [0.2, 0.25) is 0 Å². The van der Waals surface area contributed by atoms with Gasteiger partial charge in [-0.25, -0.2) is 4.98 Å². The smallest absolute Gasteiger partial charge is 0.197 e. The maximum absolute atomic E-state index is 12.7. The molecule has 0 spiro atoms. The molecule has 132 valence electrons. The first-order valence-corrected chi connectivity index (χ1v) is 9.54. The molecule has 0 radical (unpaired) electrons. The molecule has 5 nitrogen and oxygen atoms in total. The maximum atomic E-state index is 12.7. The molecule has 0 saturated carbocycles. The molecule has 0 amide bonds. The molecule has 0 aliphatic rings. The van der Waals surface area contributed by atoms with Crippen molar-refractivity contribution in [3.05, 3.63) is 53.6 Å². The molecular weight excluding hydrogens is 336 g/mol. The molecule has 1 heterocycles. The lowest BCUT2D eigenvalue weighted by Crippen LogP contribution is -2.05. The maximum Gasteiger partial charge on any atom is 0.197 e. The number of nitrogens with one attached hydrogen (secondary N) is 1. The first-order valence-electron chi connectivity index (χ1n) is 8.22. The van der Waals surface area contributed by atoms with Gasteiger partial charge in [0, 0.05) is 20.1 Å². The van der Waals surface area contributed by atoms with Crippen molar-refractivity contribution in [3.8, 4) is 5.75 Å². The van der Waals surface area contributed by atoms with E-state index in [4.69, 9.17) is 9.47 Å². The fourth-order valence-corrected chi connectivity index (χ4v) is 3.76. The van der Waals surface area contributed by atoms with E-state index in [9.17, 15) is 4.21 Å². The Balaban J connectivity index is 1.72. The van der Waals surface area contributed by atoms with Crippen molar-refractivity contribution in [1.29, 1.82) is 0 Å². The number of aromatic amines is 1. The monoisotopic (exact) mass is 358 g/mol. The number of methoxy groups -OCH3 is 1. The van der Waals surface area contributed by atoms with E-state index in [1.165, 1.54) is 0 Å². The summed E-state index contributed by atoms with van der Waals surface area (Å²) in [7, 11) is 0.443. The molecule has 3 aromatic rings. The summed E-state index contributed by atoms with van der Waals surface area (Å²) >= 11 is 0. The summed E-state index contributed by atoms with van der Waals surface area (Å²) in [5.41, 5.74) is 3.75. The average Bonchev–Trinajstić information content (AvgIpc) is 3.06. The highest BCUT2D eigenvalue weighted by Crippen LogP contribution is 2.24. The topological polar surface area (TPSA) is 64.2 Å². The molecule has 0 aliphatic heterocycles. The zero-order valence-electron chi connectivity index (χ0n) is 14.5. The highest BCUT2D eigenvalue weighted by atomic mass is 32.2. The molecular formula is C19H22N2O3S. The third-order valence-electron chi connectivity index (χ3n) is 4.02. The van der Waals surface area contributed by atoms with E-state index in [0.717, 1.165) is 34.3 Å². The molecule has 0 fully saturated rings. The highest BCUT2D eigenvalue weighted by molar-refractivity contribution is 7.84. The number of H-pyrrole nitrogens is 1. The Morgan fingerprint density at radius 3 is 2.76 bits per heavy atom. The lowest BCUT2D eigenvalue weighted by molar-refractivity contribution is 0.172. The summed E-state index contributed by atoms with van der Waals surface area (Å²) < 4.78 is 23.5. The number of imidazole rings is 1. The number of para-hydroxylation sites is 2. The number of fused-ring (bicyclic) bond motifs is 1. The Bertz CT molecular complexity index is 843. The van der Waals surface area contributed by atoms with Gasteiger partial charge in [0.1, 0.15) is 5.75 Å². The van der Waals surface area contributed by atoms with Crippen LogP contribution in [0.3, 0.4) is 0 Å². The van der Waals surface area contributed by atoms with Gasteiger partial charge in [0.15, 0.2) is 5.16 Å². The minimum Gasteiger partial charge on any atom is -0.493 e. The van der Waals surface area contributed by atoms with Crippen molar-refractivity contribution in [3.63, 3.8) is 0 Å². The van der Waals surface area contributed by atoms with E-state index in [2.05, 4.69) is 9.97 Å². The van der Waals surface area contributed by atoms with Crippen molar-refractivity contribution in [1.82, 2.24) is 9.97 Å². The molecule has 0 aliphatic carbocycles. The van der Waals surface area contributed by atoms with Crippen LogP contribution < -0.4 is 4.74 Å². The van der Waals surface area contributed by atoms with Gasteiger partial charge in [-0.1, -0.05) is 24.3 Å². The molecule has 1 unspecified atom stereocenters. The summed E-state index contributed by atoms with van der Waals surface area (Å²) in [6.45, 7) is 3.27. The quantitative estimate of drug-likeness (QED) is 0.625. The van der Waals surface area contributed by atoms with Gasteiger partial charge in [0.2, 0.25) is 0 Å². The van der Waals surface area contributed by atoms with Crippen LogP contribution in [0.15, 0.2) is 47.6 Å². The summed E-state index contributed by atoms with van der Waals surface area (Å²) in [4.78, 5) is 7.57. The van der Waals surface area contributed by atoms with Gasteiger partial charge < -0.3 is 14.5 Å². The van der Waals surface area contributed by atoms with Gasteiger partial charge in [-0.3, -0.25) is 4.21 Å². The lowest BCUT2D eigenvalue weighted by Gasteiger charge is -2.12.